The lowest BCUT2D eigenvalue weighted by atomic mass is 10.2. The molecule has 0 saturated heterocycles. The summed E-state index contributed by atoms with van der Waals surface area (Å²) in [7, 11) is 0. The van der Waals surface area contributed by atoms with Crippen molar-refractivity contribution in [2.24, 2.45) is 0 Å². The van der Waals surface area contributed by atoms with Gasteiger partial charge in [-0.1, -0.05) is 34.6 Å². The maximum atomic E-state index is 3.91. The first-order valence-corrected chi connectivity index (χ1v) is 5.98. The molecule has 1 heterocycles. The minimum atomic E-state index is 0.874. The van der Waals surface area contributed by atoms with E-state index in [1.165, 1.54) is 11.4 Å². The van der Waals surface area contributed by atoms with Crippen LogP contribution in [0.1, 0.15) is 6.42 Å². The number of hydrogen-bond donors (Lipinski definition) is 1. The van der Waals surface area contributed by atoms with Crippen molar-refractivity contribution in [1.29, 1.82) is 0 Å². The van der Waals surface area contributed by atoms with Crippen molar-refractivity contribution in [2.75, 3.05) is 29.9 Å². The molecule has 1 N–H and O–H groups in total. The summed E-state index contributed by atoms with van der Waals surface area (Å²) in [5, 5.41) is 3.44. The van der Waals surface area contributed by atoms with Gasteiger partial charge in [0.15, 0.2) is 0 Å². The SMILES string of the molecule is C=C(Br)CN1CCCNc2ccccc21. The maximum absolute atomic E-state index is 3.91. The molecule has 0 saturated carbocycles. The number of nitrogens with one attached hydrogen (secondary N) is 1. The number of para-hydroxylation sites is 2. The predicted molar refractivity (Wildman–Crippen MR) is 69.8 cm³/mol. The Labute approximate surface area is 99.1 Å². The van der Waals surface area contributed by atoms with Gasteiger partial charge in [0.05, 0.1) is 11.4 Å². The highest BCUT2D eigenvalue weighted by Gasteiger charge is 2.13. The van der Waals surface area contributed by atoms with E-state index in [9.17, 15) is 0 Å². The summed E-state index contributed by atoms with van der Waals surface area (Å²) in [6.07, 6.45) is 1.16. The molecule has 3 heteroatoms. The molecule has 1 aliphatic rings. The maximum Gasteiger partial charge on any atom is 0.0605 e. The second-order valence-electron chi connectivity index (χ2n) is 3.74. The highest BCUT2D eigenvalue weighted by molar-refractivity contribution is 9.11. The Kier molecular flexibility index (Phi) is 3.31. The van der Waals surface area contributed by atoms with E-state index in [-0.39, 0.29) is 0 Å². The highest BCUT2D eigenvalue weighted by Crippen LogP contribution is 2.28. The van der Waals surface area contributed by atoms with E-state index in [2.05, 4.69) is 57.0 Å². The van der Waals surface area contributed by atoms with Crippen LogP contribution in [0.3, 0.4) is 0 Å². The van der Waals surface area contributed by atoms with Crippen LogP contribution < -0.4 is 10.2 Å². The molecular formula is C12H15BrN2. The molecular weight excluding hydrogens is 252 g/mol. The summed E-state index contributed by atoms with van der Waals surface area (Å²) in [6.45, 7) is 6.90. The van der Waals surface area contributed by atoms with Crippen molar-refractivity contribution < 1.29 is 0 Å². The quantitative estimate of drug-likeness (QED) is 0.885. The Balaban J connectivity index is 2.28. The van der Waals surface area contributed by atoms with Gasteiger partial charge in [0, 0.05) is 24.1 Å². The first-order valence-electron chi connectivity index (χ1n) is 5.18. The lowest BCUT2D eigenvalue weighted by Crippen LogP contribution is -2.24. The number of hydrogen-bond acceptors (Lipinski definition) is 2. The van der Waals surface area contributed by atoms with E-state index in [4.69, 9.17) is 0 Å². The highest BCUT2D eigenvalue weighted by atomic mass is 79.9. The molecule has 0 amide bonds. The second-order valence-corrected chi connectivity index (χ2v) is 4.86. The summed E-state index contributed by atoms with van der Waals surface area (Å²) < 4.78 is 1.03. The molecule has 80 valence electrons. The van der Waals surface area contributed by atoms with Gasteiger partial charge in [-0.05, 0) is 18.6 Å². The van der Waals surface area contributed by atoms with Crippen molar-refractivity contribution in [3.05, 3.63) is 35.3 Å². The largest absolute Gasteiger partial charge is 0.383 e. The zero-order valence-corrected chi connectivity index (χ0v) is 10.3. The van der Waals surface area contributed by atoms with Gasteiger partial charge in [-0.15, -0.1) is 0 Å². The van der Waals surface area contributed by atoms with Crippen molar-refractivity contribution in [3.63, 3.8) is 0 Å². The Hall–Kier alpha value is -0.960. The van der Waals surface area contributed by atoms with Crippen molar-refractivity contribution in [1.82, 2.24) is 0 Å². The van der Waals surface area contributed by atoms with Crippen molar-refractivity contribution >= 4 is 27.3 Å². The molecule has 1 aliphatic heterocycles. The van der Waals surface area contributed by atoms with Gasteiger partial charge in [-0.25, -0.2) is 0 Å². The lowest BCUT2D eigenvalue weighted by Gasteiger charge is -2.23. The summed E-state index contributed by atoms with van der Waals surface area (Å²) in [4.78, 5) is 2.35. The van der Waals surface area contributed by atoms with Crippen LogP contribution in [0.2, 0.25) is 0 Å². The van der Waals surface area contributed by atoms with Gasteiger partial charge in [-0.2, -0.15) is 0 Å². The second kappa shape index (κ2) is 4.71. The first kappa shape index (κ1) is 10.6. The van der Waals surface area contributed by atoms with Crippen LogP contribution in [0.5, 0.6) is 0 Å². The van der Waals surface area contributed by atoms with E-state index in [0.717, 1.165) is 30.5 Å². The van der Waals surface area contributed by atoms with Crippen LogP contribution in [0.4, 0.5) is 11.4 Å². The molecule has 0 aliphatic carbocycles. The molecule has 1 aromatic carbocycles. The molecule has 0 spiro atoms. The fourth-order valence-electron chi connectivity index (χ4n) is 1.88. The number of rotatable bonds is 2. The van der Waals surface area contributed by atoms with E-state index < -0.39 is 0 Å². The Morgan fingerprint density at radius 1 is 1.47 bits per heavy atom. The molecule has 2 rings (SSSR count). The van der Waals surface area contributed by atoms with E-state index in [0.29, 0.717) is 0 Å². The molecule has 0 radical (unpaired) electrons. The fraction of sp³-hybridized carbons (Fsp3) is 0.333. The summed E-state index contributed by atoms with van der Waals surface area (Å²) >= 11 is 3.43. The van der Waals surface area contributed by atoms with Crippen molar-refractivity contribution in [3.8, 4) is 0 Å². The van der Waals surface area contributed by atoms with Crippen LogP contribution in [-0.2, 0) is 0 Å². The summed E-state index contributed by atoms with van der Waals surface area (Å²) in [5.41, 5.74) is 2.50. The molecule has 2 nitrogen and oxygen atoms in total. The lowest BCUT2D eigenvalue weighted by molar-refractivity contribution is 0.806. The Morgan fingerprint density at radius 3 is 3.07 bits per heavy atom. The van der Waals surface area contributed by atoms with Crippen LogP contribution in [0.25, 0.3) is 0 Å². The third-order valence-electron chi connectivity index (χ3n) is 2.53. The zero-order valence-electron chi connectivity index (χ0n) is 8.67. The number of halogens is 1. The topological polar surface area (TPSA) is 15.3 Å². The van der Waals surface area contributed by atoms with E-state index >= 15 is 0 Å². The minimum absolute atomic E-state index is 0.874. The van der Waals surface area contributed by atoms with Gasteiger partial charge in [-0.3, -0.25) is 0 Å². The summed E-state index contributed by atoms with van der Waals surface area (Å²) in [6, 6.07) is 8.43. The van der Waals surface area contributed by atoms with Gasteiger partial charge in [0.2, 0.25) is 0 Å². The zero-order chi connectivity index (χ0) is 10.7. The number of fused-ring (bicyclic) bond motifs is 1. The Bertz CT molecular complexity index is 362. The molecule has 0 aromatic heterocycles. The third-order valence-corrected chi connectivity index (χ3v) is 2.78. The molecule has 1 aromatic rings. The molecule has 0 fully saturated rings. The van der Waals surface area contributed by atoms with E-state index in [1.54, 1.807) is 0 Å². The molecule has 0 unspecified atom stereocenters. The molecule has 15 heavy (non-hydrogen) atoms. The van der Waals surface area contributed by atoms with Crippen molar-refractivity contribution in [2.45, 2.75) is 6.42 Å². The van der Waals surface area contributed by atoms with E-state index in [1.807, 2.05) is 0 Å². The van der Waals surface area contributed by atoms with Gasteiger partial charge < -0.3 is 10.2 Å². The molecule has 0 bridgehead atoms. The third kappa shape index (κ3) is 2.53. The summed E-state index contributed by atoms with van der Waals surface area (Å²) in [5.74, 6) is 0. The average Bonchev–Trinajstić information content (AvgIpc) is 2.41. The van der Waals surface area contributed by atoms with Crippen LogP contribution >= 0.6 is 15.9 Å². The normalized spacial score (nSPS) is 15.1. The first-order chi connectivity index (χ1) is 7.27. The predicted octanol–water partition coefficient (Wildman–Crippen LogP) is 3.22. The fourth-order valence-corrected chi connectivity index (χ4v) is 2.19. The minimum Gasteiger partial charge on any atom is -0.383 e. The standard InChI is InChI=1S/C12H15BrN2/c1-10(13)9-15-8-4-7-14-11-5-2-3-6-12(11)15/h2-3,5-6,14H,1,4,7-9H2. The van der Waals surface area contributed by atoms with Crippen LogP contribution in [0, 0.1) is 0 Å². The van der Waals surface area contributed by atoms with Gasteiger partial charge in [0.25, 0.3) is 0 Å². The van der Waals surface area contributed by atoms with Gasteiger partial charge in [0.1, 0.15) is 0 Å². The average molecular weight is 267 g/mol. The molecule has 0 atom stereocenters. The van der Waals surface area contributed by atoms with Crippen LogP contribution in [0.15, 0.2) is 35.3 Å². The monoisotopic (exact) mass is 266 g/mol. The number of benzene rings is 1. The van der Waals surface area contributed by atoms with Gasteiger partial charge >= 0.3 is 0 Å². The smallest absolute Gasteiger partial charge is 0.0605 e. The number of anilines is 2. The Morgan fingerprint density at radius 2 is 2.27 bits per heavy atom. The van der Waals surface area contributed by atoms with Crippen LogP contribution in [-0.4, -0.2) is 19.6 Å². The number of nitrogens with zero attached hydrogens (tertiary/aromatic N) is 1.